The lowest BCUT2D eigenvalue weighted by Gasteiger charge is -2.11. The molecule has 0 bridgehead atoms. The van der Waals surface area contributed by atoms with Crippen LogP contribution in [0.1, 0.15) is 15.9 Å². The van der Waals surface area contributed by atoms with Gasteiger partial charge in [0.1, 0.15) is 18.1 Å². The van der Waals surface area contributed by atoms with Gasteiger partial charge >= 0.3 is 0 Å². The highest BCUT2D eigenvalue weighted by Gasteiger charge is 2.08. The third-order valence-corrected chi connectivity index (χ3v) is 4.29. The Bertz CT molecular complexity index is 906. The number of aryl methyl sites for hydroxylation is 1. The summed E-state index contributed by atoms with van der Waals surface area (Å²) in [7, 11) is 1.64. The lowest BCUT2D eigenvalue weighted by atomic mass is 10.1. The van der Waals surface area contributed by atoms with E-state index in [1.165, 1.54) is 0 Å². The number of hydrogen-bond acceptors (Lipinski definition) is 4. The molecule has 0 fully saturated rings. The Labute approximate surface area is 165 Å². The molecule has 3 aromatic rings. The van der Waals surface area contributed by atoms with Crippen molar-refractivity contribution >= 4 is 17.3 Å². The normalized spacial score (nSPS) is 10.2. The van der Waals surface area contributed by atoms with E-state index in [2.05, 4.69) is 10.6 Å². The first-order valence-electron chi connectivity index (χ1n) is 9.13. The topological polar surface area (TPSA) is 59.6 Å². The van der Waals surface area contributed by atoms with Crippen LogP contribution in [0.3, 0.4) is 0 Å². The molecule has 28 heavy (non-hydrogen) atoms. The van der Waals surface area contributed by atoms with E-state index in [1.54, 1.807) is 7.11 Å². The van der Waals surface area contributed by atoms with Crippen molar-refractivity contribution in [3.63, 3.8) is 0 Å². The second-order valence-corrected chi connectivity index (χ2v) is 6.30. The number of carbonyl (C=O) groups excluding carboxylic acids is 1. The van der Waals surface area contributed by atoms with Crippen LogP contribution in [-0.4, -0.2) is 26.2 Å². The molecule has 5 nitrogen and oxygen atoms in total. The molecule has 3 rings (SSSR count). The predicted molar refractivity (Wildman–Crippen MR) is 113 cm³/mol. The number of rotatable bonds is 8. The van der Waals surface area contributed by atoms with Crippen molar-refractivity contribution in [2.24, 2.45) is 0 Å². The average Bonchev–Trinajstić information content (AvgIpc) is 2.73. The van der Waals surface area contributed by atoms with Crippen LogP contribution in [0.5, 0.6) is 11.5 Å². The van der Waals surface area contributed by atoms with E-state index in [9.17, 15) is 4.79 Å². The van der Waals surface area contributed by atoms with Gasteiger partial charge in [0, 0.05) is 23.5 Å². The number of hydrogen-bond donors (Lipinski definition) is 2. The molecule has 0 atom stereocenters. The van der Waals surface area contributed by atoms with Crippen LogP contribution in [-0.2, 0) is 0 Å². The van der Waals surface area contributed by atoms with E-state index >= 15 is 0 Å². The van der Waals surface area contributed by atoms with Crippen molar-refractivity contribution in [2.45, 2.75) is 6.92 Å². The fraction of sp³-hybridized carbons (Fsp3) is 0.174. The van der Waals surface area contributed by atoms with Gasteiger partial charge in [-0.3, -0.25) is 4.79 Å². The number of nitrogens with one attached hydrogen (secondary N) is 2. The minimum Gasteiger partial charge on any atom is -0.497 e. The molecule has 2 N–H and O–H groups in total. The van der Waals surface area contributed by atoms with Gasteiger partial charge in [-0.05, 0) is 67.1 Å². The highest BCUT2D eigenvalue weighted by atomic mass is 16.5. The Morgan fingerprint density at radius 3 is 2.18 bits per heavy atom. The van der Waals surface area contributed by atoms with Crippen molar-refractivity contribution in [3.8, 4) is 11.5 Å². The average molecular weight is 376 g/mol. The number of benzene rings is 3. The summed E-state index contributed by atoms with van der Waals surface area (Å²) in [6, 6.07) is 22.6. The molecule has 0 radical (unpaired) electrons. The monoisotopic (exact) mass is 376 g/mol. The molecule has 0 unspecified atom stereocenters. The molecule has 5 heteroatoms. The summed E-state index contributed by atoms with van der Waals surface area (Å²) in [5.41, 5.74) is 3.36. The van der Waals surface area contributed by atoms with Gasteiger partial charge in [0.25, 0.3) is 5.91 Å². The maximum atomic E-state index is 12.4. The molecule has 0 saturated carbocycles. The fourth-order valence-electron chi connectivity index (χ4n) is 2.73. The van der Waals surface area contributed by atoms with E-state index in [4.69, 9.17) is 9.47 Å². The maximum absolute atomic E-state index is 12.4. The molecule has 0 aliphatic rings. The van der Waals surface area contributed by atoms with Crippen molar-refractivity contribution in [2.75, 3.05) is 30.9 Å². The number of carbonyl (C=O) groups is 1. The Morgan fingerprint density at radius 2 is 1.50 bits per heavy atom. The smallest absolute Gasteiger partial charge is 0.255 e. The van der Waals surface area contributed by atoms with Crippen LogP contribution >= 0.6 is 0 Å². The van der Waals surface area contributed by atoms with Crippen molar-refractivity contribution in [3.05, 3.63) is 83.9 Å². The van der Waals surface area contributed by atoms with Gasteiger partial charge in [0.05, 0.1) is 7.11 Å². The maximum Gasteiger partial charge on any atom is 0.255 e. The third kappa shape index (κ3) is 5.27. The SMILES string of the molecule is COc1ccc(OCCNc2ccc(NC(=O)c3ccccc3C)cc2)cc1. The van der Waals surface area contributed by atoms with Gasteiger partial charge < -0.3 is 20.1 Å². The van der Waals surface area contributed by atoms with Crippen molar-refractivity contribution < 1.29 is 14.3 Å². The molecule has 0 aliphatic carbocycles. The van der Waals surface area contributed by atoms with Gasteiger partial charge in [-0.15, -0.1) is 0 Å². The standard InChI is InChI=1S/C23H24N2O3/c1-17-5-3-4-6-22(17)23(26)25-19-9-7-18(8-10-19)24-15-16-28-21-13-11-20(27-2)12-14-21/h3-14,24H,15-16H2,1-2H3,(H,25,26). The molecular formula is C23H24N2O3. The number of amides is 1. The van der Waals surface area contributed by atoms with Crippen LogP contribution in [0.15, 0.2) is 72.8 Å². The second kappa shape index (κ2) is 9.46. The summed E-state index contributed by atoms with van der Waals surface area (Å²) in [5, 5.41) is 6.22. The van der Waals surface area contributed by atoms with Crippen LogP contribution in [0.2, 0.25) is 0 Å². The lowest BCUT2D eigenvalue weighted by molar-refractivity contribution is 0.102. The summed E-state index contributed by atoms with van der Waals surface area (Å²) in [5.74, 6) is 1.50. The number of anilines is 2. The Balaban J connectivity index is 1.45. The van der Waals surface area contributed by atoms with E-state index in [0.717, 1.165) is 28.4 Å². The summed E-state index contributed by atoms with van der Waals surface area (Å²) >= 11 is 0. The van der Waals surface area contributed by atoms with E-state index < -0.39 is 0 Å². The Hall–Kier alpha value is -3.47. The van der Waals surface area contributed by atoms with Gasteiger partial charge in [0.15, 0.2) is 0 Å². The highest BCUT2D eigenvalue weighted by Crippen LogP contribution is 2.18. The predicted octanol–water partition coefficient (Wildman–Crippen LogP) is 4.75. The van der Waals surface area contributed by atoms with Crippen molar-refractivity contribution in [1.29, 1.82) is 0 Å². The zero-order valence-corrected chi connectivity index (χ0v) is 16.1. The molecule has 0 heterocycles. The molecule has 0 spiro atoms. The minimum absolute atomic E-state index is 0.105. The van der Waals surface area contributed by atoms with Crippen LogP contribution in [0.4, 0.5) is 11.4 Å². The molecule has 144 valence electrons. The fourth-order valence-corrected chi connectivity index (χ4v) is 2.73. The summed E-state index contributed by atoms with van der Waals surface area (Å²) in [6.07, 6.45) is 0. The molecule has 0 saturated heterocycles. The summed E-state index contributed by atoms with van der Waals surface area (Å²) in [6.45, 7) is 3.13. The van der Waals surface area contributed by atoms with Gasteiger partial charge in [-0.25, -0.2) is 0 Å². The lowest BCUT2D eigenvalue weighted by Crippen LogP contribution is -2.13. The zero-order chi connectivity index (χ0) is 19.8. The van der Waals surface area contributed by atoms with Gasteiger partial charge in [0.2, 0.25) is 0 Å². The van der Waals surface area contributed by atoms with E-state index in [-0.39, 0.29) is 5.91 Å². The van der Waals surface area contributed by atoms with Crippen LogP contribution in [0.25, 0.3) is 0 Å². The minimum atomic E-state index is -0.105. The second-order valence-electron chi connectivity index (χ2n) is 6.30. The third-order valence-electron chi connectivity index (χ3n) is 4.29. The quantitative estimate of drug-likeness (QED) is 0.557. The highest BCUT2D eigenvalue weighted by molar-refractivity contribution is 6.05. The summed E-state index contributed by atoms with van der Waals surface area (Å²) < 4.78 is 10.8. The molecule has 0 aromatic heterocycles. The number of methoxy groups -OCH3 is 1. The van der Waals surface area contributed by atoms with Gasteiger partial charge in [-0.1, -0.05) is 18.2 Å². The molecule has 3 aromatic carbocycles. The van der Waals surface area contributed by atoms with Gasteiger partial charge in [-0.2, -0.15) is 0 Å². The first kappa shape index (κ1) is 19.3. The molecular weight excluding hydrogens is 352 g/mol. The Morgan fingerprint density at radius 1 is 0.857 bits per heavy atom. The first-order valence-corrected chi connectivity index (χ1v) is 9.13. The first-order chi connectivity index (χ1) is 13.7. The van der Waals surface area contributed by atoms with Crippen LogP contribution in [0, 0.1) is 6.92 Å². The molecule has 0 aliphatic heterocycles. The summed E-state index contributed by atoms with van der Waals surface area (Å²) in [4.78, 5) is 12.4. The van der Waals surface area contributed by atoms with Crippen LogP contribution < -0.4 is 20.1 Å². The largest absolute Gasteiger partial charge is 0.497 e. The Kier molecular flexibility index (Phi) is 6.52. The van der Waals surface area contributed by atoms with Crippen molar-refractivity contribution in [1.82, 2.24) is 0 Å². The number of ether oxygens (including phenoxy) is 2. The molecule has 1 amide bonds. The zero-order valence-electron chi connectivity index (χ0n) is 16.1. The van der Waals surface area contributed by atoms with E-state index in [1.807, 2.05) is 79.7 Å². The van der Waals surface area contributed by atoms with E-state index in [0.29, 0.717) is 18.7 Å².